The average Bonchev–Trinajstić information content (AvgIpc) is 2.47. The molecule has 0 saturated heterocycles. The second-order valence-corrected chi connectivity index (χ2v) is 4.56. The highest BCUT2D eigenvalue weighted by atomic mass is 16.6. The first-order chi connectivity index (χ1) is 10.0. The van der Waals surface area contributed by atoms with Gasteiger partial charge in [-0.3, -0.25) is 10.1 Å². The van der Waals surface area contributed by atoms with E-state index in [2.05, 4.69) is 0 Å². The zero-order valence-corrected chi connectivity index (χ0v) is 12.4. The lowest BCUT2D eigenvalue weighted by molar-refractivity contribution is -0.385. The van der Waals surface area contributed by atoms with Crippen LogP contribution < -0.4 is 4.90 Å². The minimum atomic E-state index is -0.555. The summed E-state index contributed by atoms with van der Waals surface area (Å²) in [6.45, 7) is 3.59. The Bertz CT molecular complexity index is 527. The van der Waals surface area contributed by atoms with Crippen molar-refractivity contribution in [2.24, 2.45) is 0 Å². The highest BCUT2D eigenvalue weighted by molar-refractivity contribution is 5.60. The van der Waals surface area contributed by atoms with Crippen molar-refractivity contribution in [3.8, 4) is 6.07 Å². The Morgan fingerprint density at radius 3 is 2.67 bits per heavy atom. The summed E-state index contributed by atoms with van der Waals surface area (Å²) in [7, 11) is 3.22. The molecule has 1 atom stereocenters. The average molecular weight is 293 g/mol. The molecule has 0 bridgehead atoms. The zero-order valence-electron chi connectivity index (χ0n) is 12.4. The third kappa shape index (κ3) is 4.41. The van der Waals surface area contributed by atoms with E-state index in [0.29, 0.717) is 19.8 Å². The number of anilines is 1. The third-order valence-electron chi connectivity index (χ3n) is 3.11. The molecule has 1 aromatic carbocycles. The lowest BCUT2D eigenvalue weighted by Gasteiger charge is -2.30. The maximum atomic E-state index is 10.9. The Kier molecular flexibility index (Phi) is 6.59. The Labute approximate surface area is 123 Å². The number of benzene rings is 1. The molecule has 1 unspecified atom stereocenters. The minimum Gasteiger partial charge on any atom is -0.383 e. The van der Waals surface area contributed by atoms with Gasteiger partial charge in [-0.1, -0.05) is 0 Å². The molecule has 0 aliphatic heterocycles. The summed E-state index contributed by atoms with van der Waals surface area (Å²) in [5.74, 6) is 0. The van der Waals surface area contributed by atoms with E-state index in [0.717, 1.165) is 5.69 Å². The Hall–Kier alpha value is -2.17. The highest BCUT2D eigenvalue weighted by Crippen LogP contribution is 2.25. The monoisotopic (exact) mass is 293 g/mol. The number of nitro groups is 1. The number of methoxy groups -OCH3 is 2. The van der Waals surface area contributed by atoms with Crippen LogP contribution in [-0.2, 0) is 9.47 Å². The van der Waals surface area contributed by atoms with Crippen molar-refractivity contribution in [2.45, 2.75) is 13.0 Å². The first kappa shape index (κ1) is 16.9. The van der Waals surface area contributed by atoms with Crippen LogP contribution in [0.3, 0.4) is 0 Å². The minimum absolute atomic E-state index is 0.0459. The van der Waals surface area contributed by atoms with Crippen LogP contribution in [-0.4, -0.2) is 44.9 Å². The van der Waals surface area contributed by atoms with Gasteiger partial charge < -0.3 is 14.4 Å². The van der Waals surface area contributed by atoms with Gasteiger partial charge in [0.15, 0.2) is 0 Å². The predicted molar refractivity (Wildman–Crippen MR) is 78.4 cm³/mol. The Morgan fingerprint density at radius 2 is 2.14 bits per heavy atom. The number of nitrogens with zero attached hydrogens (tertiary/aromatic N) is 3. The van der Waals surface area contributed by atoms with Crippen LogP contribution in [0.2, 0.25) is 0 Å². The summed E-state index contributed by atoms with van der Waals surface area (Å²) in [5.41, 5.74) is 0.593. The molecule has 21 heavy (non-hydrogen) atoms. The Morgan fingerprint density at radius 1 is 1.43 bits per heavy atom. The molecule has 7 nitrogen and oxygen atoms in total. The molecule has 0 radical (unpaired) electrons. The van der Waals surface area contributed by atoms with Gasteiger partial charge in [-0.25, -0.2) is 0 Å². The molecule has 0 aliphatic rings. The van der Waals surface area contributed by atoms with Gasteiger partial charge in [0.2, 0.25) is 0 Å². The molecule has 7 heteroatoms. The quantitative estimate of drug-likeness (QED) is 0.537. The van der Waals surface area contributed by atoms with Crippen LogP contribution in [0.5, 0.6) is 0 Å². The van der Waals surface area contributed by atoms with E-state index in [4.69, 9.17) is 14.7 Å². The first-order valence-corrected chi connectivity index (χ1v) is 6.48. The fourth-order valence-corrected chi connectivity index (χ4v) is 2.08. The highest BCUT2D eigenvalue weighted by Gasteiger charge is 2.19. The number of hydrogen-bond acceptors (Lipinski definition) is 6. The van der Waals surface area contributed by atoms with Crippen molar-refractivity contribution in [1.29, 1.82) is 5.26 Å². The Balaban J connectivity index is 3.12. The van der Waals surface area contributed by atoms with E-state index < -0.39 is 4.92 Å². The van der Waals surface area contributed by atoms with E-state index >= 15 is 0 Å². The van der Waals surface area contributed by atoms with Crippen LogP contribution in [0, 0.1) is 21.4 Å². The second-order valence-electron chi connectivity index (χ2n) is 4.56. The molecule has 0 N–H and O–H groups in total. The number of rotatable bonds is 8. The summed E-state index contributed by atoms with van der Waals surface area (Å²) in [6.07, 6.45) is 0. The number of nitriles is 1. The SMILES string of the molecule is COCCN(c1ccc([N+](=O)[O-])c(C#N)c1)C(C)COC. The summed E-state index contributed by atoms with van der Waals surface area (Å²) in [5, 5.41) is 19.9. The molecular formula is C14H19N3O4. The molecule has 0 aromatic heterocycles. The van der Waals surface area contributed by atoms with Gasteiger partial charge in [-0.2, -0.15) is 5.26 Å². The van der Waals surface area contributed by atoms with E-state index in [1.54, 1.807) is 20.3 Å². The smallest absolute Gasteiger partial charge is 0.287 e. The van der Waals surface area contributed by atoms with E-state index in [1.807, 2.05) is 17.9 Å². The van der Waals surface area contributed by atoms with Crippen molar-refractivity contribution in [3.05, 3.63) is 33.9 Å². The van der Waals surface area contributed by atoms with Gasteiger partial charge in [0.05, 0.1) is 18.1 Å². The summed E-state index contributed by atoms with van der Waals surface area (Å²) < 4.78 is 10.2. The summed E-state index contributed by atoms with van der Waals surface area (Å²) in [6, 6.07) is 6.44. The van der Waals surface area contributed by atoms with Gasteiger partial charge in [-0.15, -0.1) is 0 Å². The molecule has 1 rings (SSSR count). The fourth-order valence-electron chi connectivity index (χ4n) is 2.08. The van der Waals surface area contributed by atoms with Gasteiger partial charge in [-0.05, 0) is 19.1 Å². The van der Waals surface area contributed by atoms with Gasteiger partial charge in [0.1, 0.15) is 11.6 Å². The van der Waals surface area contributed by atoms with E-state index in [-0.39, 0.29) is 17.3 Å². The summed E-state index contributed by atoms with van der Waals surface area (Å²) in [4.78, 5) is 12.3. The molecular weight excluding hydrogens is 274 g/mol. The number of nitro benzene ring substituents is 1. The molecule has 1 aromatic rings. The number of ether oxygens (including phenoxy) is 2. The lowest BCUT2D eigenvalue weighted by atomic mass is 10.1. The first-order valence-electron chi connectivity index (χ1n) is 6.48. The topological polar surface area (TPSA) is 88.6 Å². The molecule has 0 fully saturated rings. The molecule has 114 valence electrons. The molecule has 0 saturated carbocycles. The van der Waals surface area contributed by atoms with Crippen molar-refractivity contribution >= 4 is 11.4 Å². The maximum absolute atomic E-state index is 10.9. The normalized spacial score (nSPS) is 11.7. The lowest BCUT2D eigenvalue weighted by Crippen LogP contribution is -2.38. The summed E-state index contributed by atoms with van der Waals surface area (Å²) >= 11 is 0. The van der Waals surface area contributed by atoms with Gasteiger partial charge in [0.25, 0.3) is 5.69 Å². The number of hydrogen-bond donors (Lipinski definition) is 0. The third-order valence-corrected chi connectivity index (χ3v) is 3.11. The molecule has 0 aliphatic carbocycles. The van der Waals surface area contributed by atoms with Crippen molar-refractivity contribution in [2.75, 3.05) is 38.9 Å². The van der Waals surface area contributed by atoms with Crippen molar-refractivity contribution in [3.63, 3.8) is 0 Å². The van der Waals surface area contributed by atoms with Crippen LogP contribution in [0.1, 0.15) is 12.5 Å². The van der Waals surface area contributed by atoms with Crippen LogP contribution >= 0.6 is 0 Å². The van der Waals surface area contributed by atoms with Crippen LogP contribution in [0.4, 0.5) is 11.4 Å². The van der Waals surface area contributed by atoms with E-state index in [9.17, 15) is 10.1 Å². The van der Waals surface area contributed by atoms with Gasteiger partial charge >= 0.3 is 0 Å². The van der Waals surface area contributed by atoms with Crippen molar-refractivity contribution in [1.82, 2.24) is 0 Å². The standard InChI is InChI=1S/C14H19N3O4/c1-11(10-21-3)16(6-7-20-2)13-4-5-14(17(18)19)12(8-13)9-15/h4-5,8,11H,6-7,10H2,1-3H3. The van der Waals surface area contributed by atoms with Crippen molar-refractivity contribution < 1.29 is 14.4 Å². The van der Waals surface area contributed by atoms with Crippen LogP contribution in [0.25, 0.3) is 0 Å². The maximum Gasteiger partial charge on any atom is 0.287 e. The molecule has 0 heterocycles. The van der Waals surface area contributed by atoms with Crippen LogP contribution in [0.15, 0.2) is 18.2 Å². The predicted octanol–water partition coefficient (Wildman–Crippen LogP) is 1.95. The largest absolute Gasteiger partial charge is 0.383 e. The fraction of sp³-hybridized carbons (Fsp3) is 0.500. The second kappa shape index (κ2) is 8.19. The van der Waals surface area contributed by atoms with Gasteiger partial charge in [0, 0.05) is 38.6 Å². The molecule has 0 spiro atoms. The zero-order chi connectivity index (χ0) is 15.8. The molecule has 0 amide bonds. The van der Waals surface area contributed by atoms with E-state index in [1.165, 1.54) is 12.1 Å².